The number of carboxylic acid groups (broad SMARTS) is 1. The second-order valence-corrected chi connectivity index (χ2v) is 12.7. The molecule has 0 fully saturated rings. The van der Waals surface area contributed by atoms with Gasteiger partial charge in [-0.2, -0.15) is 0 Å². The fourth-order valence-corrected chi connectivity index (χ4v) is 6.91. The Morgan fingerprint density at radius 1 is 0.792 bits per heavy atom. The van der Waals surface area contributed by atoms with E-state index in [-0.39, 0.29) is 6.04 Å². The van der Waals surface area contributed by atoms with Crippen LogP contribution in [0, 0.1) is 0 Å². The van der Waals surface area contributed by atoms with Crippen LogP contribution in [0.5, 0.6) is 5.75 Å². The Hall–Kier alpha value is -4.71. The topological polar surface area (TPSA) is 59.0 Å². The summed E-state index contributed by atoms with van der Waals surface area (Å²) in [6.45, 7) is 5.73. The predicted molar refractivity (Wildman–Crippen MR) is 193 cm³/mol. The summed E-state index contributed by atoms with van der Waals surface area (Å²) in [5.41, 5.74) is 11.6. The van der Waals surface area contributed by atoms with E-state index in [0.717, 1.165) is 30.7 Å². The Labute approximate surface area is 284 Å². The number of ether oxygens (including phenoxy) is 2. The first kappa shape index (κ1) is 33.2. The third-order valence-corrected chi connectivity index (χ3v) is 9.61. The molecule has 0 heterocycles. The SMILES string of the molecule is CCOC(Cc1ccc(OCCN(C)C2c3ccc(-c4ccccc4)cc3CCc3cc(C(C)c4ccccc4)ccc32)cc1)C(=O)O. The molecule has 0 spiro atoms. The molecule has 3 unspecified atom stereocenters. The van der Waals surface area contributed by atoms with Crippen molar-refractivity contribution < 1.29 is 19.4 Å². The number of aryl methyl sites for hydroxylation is 2. The lowest BCUT2D eigenvalue weighted by Crippen LogP contribution is -2.30. The van der Waals surface area contributed by atoms with Gasteiger partial charge in [0.2, 0.25) is 0 Å². The van der Waals surface area contributed by atoms with Crippen LogP contribution >= 0.6 is 0 Å². The monoisotopic (exact) mass is 639 g/mol. The van der Waals surface area contributed by atoms with Crippen molar-refractivity contribution in [2.24, 2.45) is 0 Å². The lowest BCUT2D eigenvalue weighted by molar-refractivity contribution is -0.149. The quantitative estimate of drug-likeness (QED) is 0.140. The van der Waals surface area contributed by atoms with Gasteiger partial charge in [-0.05, 0) is 89.0 Å². The van der Waals surface area contributed by atoms with Crippen LogP contribution in [0.1, 0.15) is 64.8 Å². The molecule has 5 aromatic carbocycles. The Morgan fingerprint density at radius 3 is 2.10 bits per heavy atom. The summed E-state index contributed by atoms with van der Waals surface area (Å²) in [4.78, 5) is 13.9. The Bertz CT molecular complexity index is 1800. The van der Waals surface area contributed by atoms with Gasteiger partial charge in [-0.15, -0.1) is 0 Å². The van der Waals surface area contributed by atoms with E-state index in [2.05, 4.69) is 116 Å². The van der Waals surface area contributed by atoms with E-state index in [0.29, 0.717) is 25.6 Å². The Kier molecular flexibility index (Phi) is 10.7. The van der Waals surface area contributed by atoms with Gasteiger partial charge >= 0.3 is 5.97 Å². The van der Waals surface area contributed by atoms with Crippen molar-refractivity contribution in [3.05, 3.63) is 160 Å². The molecule has 0 bridgehead atoms. The fraction of sp³-hybridized carbons (Fsp3) is 0.279. The van der Waals surface area contributed by atoms with Crippen molar-refractivity contribution in [1.29, 1.82) is 0 Å². The third-order valence-electron chi connectivity index (χ3n) is 9.61. The summed E-state index contributed by atoms with van der Waals surface area (Å²) >= 11 is 0. The maximum Gasteiger partial charge on any atom is 0.333 e. The van der Waals surface area contributed by atoms with Gasteiger partial charge in [-0.3, -0.25) is 4.90 Å². The van der Waals surface area contributed by atoms with Crippen LogP contribution < -0.4 is 4.74 Å². The number of nitrogens with zero attached hydrogens (tertiary/aromatic N) is 1. The Morgan fingerprint density at radius 2 is 1.44 bits per heavy atom. The van der Waals surface area contributed by atoms with Crippen molar-refractivity contribution in [2.75, 3.05) is 26.8 Å². The molecule has 5 aromatic rings. The van der Waals surface area contributed by atoms with Gasteiger partial charge in [0.25, 0.3) is 0 Å². The summed E-state index contributed by atoms with van der Waals surface area (Å²) < 4.78 is 11.6. The van der Waals surface area contributed by atoms with E-state index >= 15 is 0 Å². The highest BCUT2D eigenvalue weighted by Gasteiger charge is 2.28. The number of hydrogen-bond donors (Lipinski definition) is 1. The summed E-state index contributed by atoms with van der Waals surface area (Å²) in [5, 5.41) is 9.43. The second-order valence-electron chi connectivity index (χ2n) is 12.7. The normalized spacial score (nSPS) is 15.2. The van der Waals surface area contributed by atoms with E-state index in [9.17, 15) is 9.90 Å². The van der Waals surface area contributed by atoms with E-state index in [1.165, 1.54) is 44.5 Å². The number of carbonyl (C=O) groups is 1. The van der Waals surface area contributed by atoms with Gasteiger partial charge in [-0.25, -0.2) is 4.79 Å². The van der Waals surface area contributed by atoms with Crippen molar-refractivity contribution in [3.63, 3.8) is 0 Å². The van der Waals surface area contributed by atoms with Crippen LogP contribution in [-0.4, -0.2) is 48.9 Å². The van der Waals surface area contributed by atoms with Crippen LogP contribution in [-0.2, 0) is 28.8 Å². The zero-order chi connectivity index (χ0) is 33.5. The molecule has 1 N–H and O–H groups in total. The van der Waals surface area contributed by atoms with Gasteiger partial charge in [0.1, 0.15) is 12.4 Å². The van der Waals surface area contributed by atoms with Crippen LogP contribution in [0.4, 0.5) is 0 Å². The molecular weight excluding hydrogens is 594 g/mol. The minimum absolute atomic E-state index is 0.0981. The minimum atomic E-state index is -0.944. The molecule has 0 aliphatic heterocycles. The average molecular weight is 640 g/mol. The lowest BCUT2D eigenvalue weighted by Gasteiger charge is -2.31. The molecule has 0 saturated heterocycles. The summed E-state index contributed by atoms with van der Waals surface area (Å²) in [7, 11) is 2.20. The smallest absolute Gasteiger partial charge is 0.333 e. The molecule has 1 aliphatic rings. The number of benzene rings is 5. The van der Waals surface area contributed by atoms with Gasteiger partial charge < -0.3 is 14.6 Å². The summed E-state index contributed by atoms with van der Waals surface area (Å²) in [6.07, 6.45) is 1.47. The predicted octanol–water partition coefficient (Wildman–Crippen LogP) is 8.74. The van der Waals surface area contributed by atoms with Gasteiger partial charge in [0.05, 0.1) is 6.04 Å². The molecule has 246 valence electrons. The molecule has 6 rings (SSSR count). The molecule has 1 aliphatic carbocycles. The number of carboxylic acids is 1. The fourth-order valence-electron chi connectivity index (χ4n) is 6.91. The summed E-state index contributed by atoms with van der Waals surface area (Å²) in [5.74, 6) is 0.140. The molecule has 5 nitrogen and oxygen atoms in total. The first-order chi connectivity index (χ1) is 23.4. The maximum absolute atomic E-state index is 11.5. The van der Waals surface area contributed by atoms with E-state index in [4.69, 9.17) is 9.47 Å². The van der Waals surface area contributed by atoms with Gasteiger partial charge in [-0.1, -0.05) is 116 Å². The summed E-state index contributed by atoms with van der Waals surface area (Å²) in [6, 6.07) is 43.3. The molecule has 0 amide bonds. The van der Waals surface area contributed by atoms with Crippen LogP contribution in [0.25, 0.3) is 11.1 Å². The lowest BCUT2D eigenvalue weighted by atomic mass is 9.87. The van der Waals surface area contributed by atoms with Gasteiger partial charge in [0, 0.05) is 25.5 Å². The van der Waals surface area contributed by atoms with Gasteiger partial charge in [0.15, 0.2) is 6.10 Å². The molecule has 3 atom stereocenters. The van der Waals surface area contributed by atoms with E-state index in [1.54, 1.807) is 0 Å². The highest BCUT2D eigenvalue weighted by atomic mass is 16.5. The number of hydrogen-bond acceptors (Lipinski definition) is 4. The Balaban J connectivity index is 1.23. The number of aliphatic carboxylic acids is 1. The van der Waals surface area contributed by atoms with Crippen LogP contribution in [0.15, 0.2) is 121 Å². The zero-order valence-electron chi connectivity index (χ0n) is 28.1. The number of rotatable bonds is 13. The highest BCUT2D eigenvalue weighted by Crippen LogP contribution is 2.39. The standard InChI is InChI=1S/C43H45NO4/c1-4-47-41(43(45)46)27-31-15-21-38(22-16-31)48-26-25-44(3)42-39-23-19-34(30(2)32-11-7-5-8-12-32)28-36(39)17-18-37-29-35(20-24-40(37)42)33-13-9-6-10-14-33/h5-16,19-24,28-30,41-42H,4,17-18,25-27H2,1-3H3,(H,45,46). The number of likely N-dealkylation sites (N-methyl/N-ethyl adjacent to an activating group) is 1. The second kappa shape index (κ2) is 15.5. The third kappa shape index (κ3) is 7.70. The van der Waals surface area contributed by atoms with E-state index < -0.39 is 12.1 Å². The molecule has 0 radical (unpaired) electrons. The highest BCUT2D eigenvalue weighted by molar-refractivity contribution is 5.72. The van der Waals surface area contributed by atoms with Crippen molar-refractivity contribution >= 4 is 5.97 Å². The first-order valence-electron chi connectivity index (χ1n) is 17.0. The maximum atomic E-state index is 11.5. The number of fused-ring (bicyclic) bond motifs is 2. The average Bonchev–Trinajstić information content (AvgIpc) is 3.28. The van der Waals surface area contributed by atoms with Crippen molar-refractivity contribution in [2.45, 2.75) is 51.2 Å². The molecule has 48 heavy (non-hydrogen) atoms. The van der Waals surface area contributed by atoms with E-state index in [1.807, 2.05) is 31.2 Å². The molecule has 5 heteroatoms. The van der Waals surface area contributed by atoms with Crippen LogP contribution in [0.2, 0.25) is 0 Å². The molecule has 0 saturated carbocycles. The minimum Gasteiger partial charge on any atom is -0.492 e. The van der Waals surface area contributed by atoms with Crippen LogP contribution in [0.3, 0.4) is 0 Å². The largest absolute Gasteiger partial charge is 0.492 e. The van der Waals surface area contributed by atoms with Crippen molar-refractivity contribution in [1.82, 2.24) is 4.90 Å². The molecular formula is C43H45NO4. The zero-order valence-corrected chi connectivity index (χ0v) is 28.1. The first-order valence-corrected chi connectivity index (χ1v) is 17.0. The van der Waals surface area contributed by atoms with Crippen molar-refractivity contribution in [3.8, 4) is 16.9 Å². The molecule has 0 aromatic heterocycles.